The molecular weight excluding hydrogens is 194 g/mol. The fourth-order valence-corrected chi connectivity index (χ4v) is 1.39. The first kappa shape index (κ1) is 16.8. The molecule has 0 rings (SSSR count). The molecule has 0 spiro atoms. The van der Waals surface area contributed by atoms with Crippen molar-refractivity contribution in [1.82, 2.24) is 0 Å². The van der Waals surface area contributed by atoms with Crippen LogP contribution in [-0.4, -0.2) is 12.6 Å². The number of rotatable bonds is 8. The van der Waals surface area contributed by atoms with Crippen LogP contribution in [0.25, 0.3) is 0 Å². The van der Waals surface area contributed by atoms with E-state index in [9.17, 15) is 14.3 Å². The maximum atomic E-state index is 11.7. The summed E-state index contributed by atoms with van der Waals surface area (Å²) in [7, 11) is 0. The third-order valence-electron chi connectivity index (χ3n) is 2.16. The molecule has 78 valence electrons. The van der Waals surface area contributed by atoms with Gasteiger partial charge >= 0.3 is 29.6 Å². The molecule has 0 aromatic heterocycles. The number of alkyl halides is 1. The summed E-state index contributed by atoms with van der Waals surface area (Å²) < 4.78 is 11.7. The van der Waals surface area contributed by atoms with Crippen LogP contribution in [0.1, 0.15) is 45.4 Å². The summed E-state index contributed by atoms with van der Waals surface area (Å²) in [6.07, 6.45) is 4.30. The van der Waals surface area contributed by atoms with Crippen LogP contribution in [0.2, 0.25) is 0 Å². The zero-order valence-corrected chi connectivity index (χ0v) is 11.2. The van der Waals surface area contributed by atoms with Gasteiger partial charge in [-0.2, -0.15) is 0 Å². The van der Waals surface area contributed by atoms with E-state index in [1.54, 1.807) is 0 Å². The molecule has 0 saturated heterocycles. The molecule has 0 bridgehead atoms. The molecule has 0 aromatic rings. The van der Waals surface area contributed by atoms with E-state index >= 15 is 0 Å². The van der Waals surface area contributed by atoms with Crippen LogP contribution in [0.5, 0.6) is 0 Å². The predicted octanol–water partition coefficient (Wildman–Crippen LogP) is -1.31. The van der Waals surface area contributed by atoms with E-state index in [1.165, 1.54) is 0 Å². The fourth-order valence-electron chi connectivity index (χ4n) is 1.39. The Morgan fingerprint density at radius 3 is 2.36 bits per heavy atom. The van der Waals surface area contributed by atoms with Crippen molar-refractivity contribution in [1.29, 1.82) is 0 Å². The van der Waals surface area contributed by atoms with E-state index < -0.39 is 5.97 Å². The smallest absolute Gasteiger partial charge is 0.550 e. The van der Waals surface area contributed by atoms with Crippen molar-refractivity contribution in [2.75, 3.05) is 6.67 Å². The Balaban J connectivity index is 0. The van der Waals surface area contributed by atoms with Crippen molar-refractivity contribution in [2.24, 2.45) is 5.92 Å². The molecule has 0 N–H and O–H groups in total. The normalized spacial score (nSPS) is 11.9. The Bertz CT molecular complexity index is 142. The summed E-state index contributed by atoms with van der Waals surface area (Å²) in [4.78, 5) is 10.6. The zero-order valence-electron chi connectivity index (χ0n) is 9.22. The average Bonchev–Trinajstić information content (AvgIpc) is 2.10. The monoisotopic (exact) mass is 212 g/mol. The van der Waals surface area contributed by atoms with Gasteiger partial charge in [-0.05, 0) is 25.2 Å². The molecule has 1 atom stereocenters. The second-order valence-corrected chi connectivity index (χ2v) is 3.34. The van der Waals surface area contributed by atoms with Gasteiger partial charge in [-0.15, -0.1) is 0 Å². The van der Waals surface area contributed by atoms with Crippen LogP contribution in [-0.2, 0) is 4.79 Å². The quantitative estimate of drug-likeness (QED) is 0.370. The first-order valence-corrected chi connectivity index (χ1v) is 4.99. The topological polar surface area (TPSA) is 40.1 Å². The summed E-state index contributed by atoms with van der Waals surface area (Å²) in [6, 6.07) is 0. The van der Waals surface area contributed by atoms with Gasteiger partial charge in [0.2, 0.25) is 0 Å². The summed E-state index contributed by atoms with van der Waals surface area (Å²) in [5.41, 5.74) is 0. The largest absolute Gasteiger partial charge is 1.00 e. The Morgan fingerprint density at radius 1 is 1.29 bits per heavy atom. The molecule has 2 nitrogen and oxygen atoms in total. The molecule has 0 amide bonds. The number of halogens is 1. The molecule has 0 heterocycles. The standard InChI is InChI=1S/C10H19FO2.Na/c1-2-6-9(10(12)13)7-4-3-5-8-11;/h9H,2-8H2,1H3,(H,12,13);/q;+1/p-1. The van der Waals surface area contributed by atoms with Crippen molar-refractivity contribution in [2.45, 2.75) is 45.4 Å². The zero-order chi connectivity index (χ0) is 10.1. The number of unbranched alkanes of at least 4 members (excludes halogenated alkanes) is 2. The number of aliphatic carboxylic acids is 1. The molecule has 0 aliphatic carbocycles. The van der Waals surface area contributed by atoms with Crippen molar-refractivity contribution in [3.05, 3.63) is 0 Å². The summed E-state index contributed by atoms with van der Waals surface area (Å²) in [5, 5.41) is 10.6. The third kappa shape index (κ3) is 8.97. The van der Waals surface area contributed by atoms with Crippen molar-refractivity contribution < 1.29 is 43.8 Å². The molecule has 0 fully saturated rings. The summed E-state index contributed by atoms with van der Waals surface area (Å²) >= 11 is 0. The van der Waals surface area contributed by atoms with E-state index in [1.807, 2.05) is 6.92 Å². The molecule has 0 aliphatic rings. The van der Waals surface area contributed by atoms with E-state index in [0.29, 0.717) is 19.3 Å². The molecule has 14 heavy (non-hydrogen) atoms. The van der Waals surface area contributed by atoms with Gasteiger partial charge in [0, 0.05) is 5.97 Å². The van der Waals surface area contributed by atoms with Crippen molar-refractivity contribution in [3.63, 3.8) is 0 Å². The minimum absolute atomic E-state index is 0. The van der Waals surface area contributed by atoms with E-state index in [2.05, 4.69) is 0 Å². The second kappa shape index (κ2) is 11.5. The molecule has 0 saturated carbocycles. The van der Waals surface area contributed by atoms with E-state index in [4.69, 9.17) is 0 Å². The number of carbonyl (C=O) groups excluding carboxylic acids is 1. The molecular formula is C10H18FNaO2. The van der Waals surface area contributed by atoms with Crippen LogP contribution >= 0.6 is 0 Å². The van der Waals surface area contributed by atoms with Gasteiger partial charge < -0.3 is 9.90 Å². The fraction of sp³-hybridized carbons (Fsp3) is 0.900. The van der Waals surface area contributed by atoms with Gasteiger partial charge in [0.05, 0.1) is 6.67 Å². The number of carboxylic acids is 1. The average molecular weight is 212 g/mol. The van der Waals surface area contributed by atoms with Gasteiger partial charge in [0.25, 0.3) is 0 Å². The van der Waals surface area contributed by atoms with Gasteiger partial charge in [-0.25, -0.2) is 0 Å². The Hall–Kier alpha value is 0.400. The second-order valence-electron chi connectivity index (χ2n) is 3.34. The molecule has 1 unspecified atom stereocenters. The number of hydrogen-bond acceptors (Lipinski definition) is 2. The predicted molar refractivity (Wildman–Crippen MR) is 47.8 cm³/mol. The van der Waals surface area contributed by atoms with E-state index in [-0.39, 0.29) is 42.1 Å². The molecule has 0 radical (unpaired) electrons. The number of carbonyl (C=O) groups is 1. The van der Waals surface area contributed by atoms with Crippen molar-refractivity contribution >= 4 is 5.97 Å². The van der Waals surface area contributed by atoms with Crippen LogP contribution in [0.3, 0.4) is 0 Å². The summed E-state index contributed by atoms with van der Waals surface area (Å²) in [6.45, 7) is 1.65. The molecule has 0 aliphatic heterocycles. The van der Waals surface area contributed by atoms with Gasteiger partial charge in [0.15, 0.2) is 0 Å². The van der Waals surface area contributed by atoms with Gasteiger partial charge in [0.1, 0.15) is 0 Å². The number of carboxylic acid groups (broad SMARTS) is 1. The Labute approximate surface area is 108 Å². The molecule has 0 aromatic carbocycles. The SMILES string of the molecule is CCCC(CCCCCF)C(=O)[O-].[Na+]. The Kier molecular flexibility index (Phi) is 13.8. The van der Waals surface area contributed by atoms with Crippen LogP contribution in [0.15, 0.2) is 0 Å². The molecule has 4 heteroatoms. The van der Waals surface area contributed by atoms with Crippen LogP contribution in [0, 0.1) is 5.92 Å². The maximum absolute atomic E-state index is 11.7. The minimum Gasteiger partial charge on any atom is -0.550 e. The first-order valence-electron chi connectivity index (χ1n) is 4.99. The van der Waals surface area contributed by atoms with Gasteiger partial charge in [-0.3, -0.25) is 4.39 Å². The first-order chi connectivity index (χ1) is 6.22. The maximum Gasteiger partial charge on any atom is 1.00 e. The number of hydrogen-bond donors (Lipinski definition) is 0. The van der Waals surface area contributed by atoms with Crippen LogP contribution < -0.4 is 34.7 Å². The minimum atomic E-state index is -0.956. The third-order valence-corrected chi connectivity index (χ3v) is 2.16. The van der Waals surface area contributed by atoms with Crippen LogP contribution in [0.4, 0.5) is 4.39 Å². The summed E-state index contributed by atoms with van der Waals surface area (Å²) in [5.74, 6) is -1.29. The Morgan fingerprint density at radius 2 is 1.93 bits per heavy atom. The van der Waals surface area contributed by atoms with Crippen molar-refractivity contribution in [3.8, 4) is 0 Å². The van der Waals surface area contributed by atoms with E-state index in [0.717, 1.165) is 19.3 Å². The van der Waals surface area contributed by atoms with Gasteiger partial charge in [-0.1, -0.05) is 26.2 Å².